The van der Waals surface area contributed by atoms with E-state index >= 15 is 0 Å². The van der Waals surface area contributed by atoms with Crippen molar-refractivity contribution in [2.45, 2.75) is 51.9 Å². The quantitative estimate of drug-likeness (QED) is 0.693. The number of aliphatic carboxylic acids is 1. The van der Waals surface area contributed by atoms with Gasteiger partial charge in [0.2, 0.25) is 0 Å². The number of carboxylic acids is 1. The standard InChI is InChI=1S/C13H25NO2/c1-2-5-12(6-7-13(15)16)8-11-14-9-3-4-10-14/h12H,2-11H2,1H3,(H,15,16). The molecule has 94 valence electrons. The Labute approximate surface area is 98.8 Å². The summed E-state index contributed by atoms with van der Waals surface area (Å²) in [5, 5.41) is 8.70. The molecule has 3 nitrogen and oxygen atoms in total. The molecule has 0 saturated carbocycles. The molecule has 0 radical (unpaired) electrons. The Balaban J connectivity index is 2.17. The first-order valence-electron chi connectivity index (χ1n) is 6.66. The van der Waals surface area contributed by atoms with Crippen molar-refractivity contribution in [3.8, 4) is 0 Å². The van der Waals surface area contributed by atoms with E-state index in [1.54, 1.807) is 0 Å². The van der Waals surface area contributed by atoms with Gasteiger partial charge in [0.15, 0.2) is 0 Å². The second-order valence-corrected chi connectivity index (χ2v) is 4.92. The van der Waals surface area contributed by atoms with Crippen LogP contribution in [0.1, 0.15) is 51.9 Å². The molecule has 0 aromatic rings. The molecule has 1 unspecified atom stereocenters. The van der Waals surface area contributed by atoms with Gasteiger partial charge in [0, 0.05) is 6.42 Å². The van der Waals surface area contributed by atoms with Crippen molar-refractivity contribution in [2.75, 3.05) is 19.6 Å². The van der Waals surface area contributed by atoms with E-state index in [0.717, 1.165) is 6.42 Å². The van der Waals surface area contributed by atoms with Crippen LogP contribution in [0.4, 0.5) is 0 Å². The highest BCUT2D eigenvalue weighted by Gasteiger charge is 2.15. The predicted octanol–water partition coefficient (Wildman–Crippen LogP) is 2.75. The molecule has 1 rings (SSSR count). The summed E-state index contributed by atoms with van der Waals surface area (Å²) in [6.45, 7) is 5.85. The highest BCUT2D eigenvalue weighted by Crippen LogP contribution is 2.19. The first kappa shape index (κ1) is 13.5. The van der Waals surface area contributed by atoms with Gasteiger partial charge in [-0.15, -0.1) is 0 Å². The van der Waals surface area contributed by atoms with E-state index in [1.165, 1.54) is 51.7 Å². The molecule has 0 spiro atoms. The fraction of sp³-hybridized carbons (Fsp3) is 0.923. The third kappa shape index (κ3) is 5.50. The molecule has 1 saturated heterocycles. The molecular weight excluding hydrogens is 202 g/mol. The summed E-state index contributed by atoms with van der Waals surface area (Å²) in [5.41, 5.74) is 0. The van der Waals surface area contributed by atoms with Crippen LogP contribution in [0.2, 0.25) is 0 Å². The lowest BCUT2D eigenvalue weighted by atomic mass is 9.94. The first-order chi connectivity index (χ1) is 7.72. The maximum Gasteiger partial charge on any atom is 0.303 e. The fourth-order valence-electron chi connectivity index (χ4n) is 2.54. The molecule has 0 aliphatic carbocycles. The predicted molar refractivity (Wildman–Crippen MR) is 65.6 cm³/mol. The van der Waals surface area contributed by atoms with Crippen molar-refractivity contribution >= 4 is 5.97 Å². The zero-order chi connectivity index (χ0) is 11.8. The third-order valence-electron chi connectivity index (χ3n) is 3.52. The molecule has 1 aliphatic heterocycles. The molecule has 16 heavy (non-hydrogen) atoms. The minimum Gasteiger partial charge on any atom is -0.481 e. The van der Waals surface area contributed by atoms with Crippen LogP contribution in [0.15, 0.2) is 0 Å². The van der Waals surface area contributed by atoms with Gasteiger partial charge in [-0.25, -0.2) is 0 Å². The maximum absolute atomic E-state index is 10.6. The minimum absolute atomic E-state index is 0.338. The number of carboxylic acid groups (broad SMARTS) is 1. The maximum atomic E-state index is 10.6. The second-order valence-electron chi connectivity index (χ2n) is 4.92. The largest absolute Gasteiger partial charge is 0.481 e. The molecule has 1 heterocycles. The van der Waals surface area contributed by atoms with Gasteiger partial charge in [-0.05, 0) is 51.2 Å². The number of rotatable bonds is 8. The summed E-state index contributed by atoms with van der Waals surface area (Å²) in [6.07, 6.45) is 7.41. The van der Waals surface area contributed by atoms with E-state index in [2.05, 4.69) is 11.8 Å². The lowest BCUT2D eigenvalue weighted by molar-refractivity contribution is -0.137. The fourth-order valence-corrected chi connectivity index (χ4v) is 2.54. The molecule has 1 fully saturated rings. The van der Waals surface area contributed by atoms with Crippen molar-refractivity contribution in [3.63, 3.8) is 0 Å². The van der Waals surface area contributed by atoms with Crippen molar-refractivity contribution in [2.24, 2.45) is 5.92 Å². The Bertz CT molecular complexity index is 200. The van der Waals surface area contributed by atoms with E-state index in [-0.39, 0.29) is 0 Å². The number of likely N-dealkylation sites (tertiary alicyclic amines) is 1. The molecule has 1 N–H and O–H groups in total. The summed E-state index contributed by atoms with van der Waals surface area (Å²) in [6, 6.07) is 0. The van der Waals surface area contributed by atoms with Gasteiger partial charge in [-0.1, -0.05) is 19.8 Å². The lowest BCUT2D eigenvalue weighted by Crippen LogP contribution is -2.22. The zero-order valence-electron chi connectivity index (χ0n) is 10.5. The summed E-state index contributed by atoms with van der Waals surface area (Å²) in [5.74, 6) is -0.0380. The topological polar surface area (TPSA) is 40.5 Å². The molecular formula is C13H25NO2. The summed E-state index contributed by atoms with van der Waals surface area (Å²) in [7, 11) is 0. The Kier molecular flexibility index (Phi) is 6.46. The average Bonchev–Trinajstić information content (AvgIpc) is 2.75. The van der Waals surface area contributed by atoms with Gasteiger partial charge < -0.3 is 10.0 Å². The monoisotopic (exact) mass is 227 g/mol. The molecule has 0 amide bonds. The Morgan fingerprint density at radius 2 is 1.94 bits per heavy atom. The van der Waals surface area contributed by atoms with E-state index < -0.39 is 5.97 Å². The zero-order valence-corrected chi connectivity index (χ0v) is 10.5. The number of nitrogens with zero attached hydrogens (tertiary/aromatic N) is 1. The van der Waals surface area contributed by atoms with Crippen LogP contribution in [0, 0.1) is 5.92 Å². The van der Waals surface area contributed by atoms with Crippen LogP contribution in [0.25, 0.3) is 0 Å². The van der Waals surface area contributed by atoms with Crippen LogP contribution in [-0.2, 0) is 4.79 Å². The summed E-state index contributed by atoms with van der Waals surface area (Å²) >= 11 is 0. The Morgan fingerprint density at radius 1 is 1.25 bits per heavy atom. The molecule has 0 aromatic heterocycles. The highest BCUT2D eigenvalue weighted by atomic mass is 16.4. The molecule has 3 heteroatoms. The second kappa shape index (κ2) is 7.66. The van der Waals surface area contributed by atoms with E-state index in [9.17, 15) is 4.79 Å². The molecule has 0 bridgehead atoms. The van der Waals surface area contributed by atoms with E-state index in [0.29, 0.717) is 12.3 Å². The van der Waals surface area contributed by atoms with Gasteiger partial charge in [0.05, 0.1) is 0 Å². The van der Waals surface area contributed by atoms with Crippen molar-refractivity contribution in [1.82, 2.24) is 4.90 Å². The van der Waals surface area contributed by atoms with Gasteiger partial charge in [0.25, 0.3) is 0 Å². The first-order valence-corrected chi connectivity index (χ1v) is 6.66. The normalized spacial score (nSPS) is 18.8. The number of hydrogen-bond acceptors (Lipinski definition) is 2. The Morgan fingerprint density at radius 3 is 2.50 bits per heavy atom. The van der Waals surface area contributed by atoms with Gasteiger partial charge >= 0.3 is 5.97 Å². The van der Waals surface area contributed by atoms with Gasteiger partial charge in [-0.2, -0.15) is 0 Å². The minimum atomic E-state index is -0.651. The number of carbonyl (C=O) groups is 1. The van der Waals surface area contributed by atoms with Crippen molar-refractivity contribution < 1.29 is 9.90 Å². The van der Waals surface area contributed by atoms with Gasteiger partial charge in [-0.3, -0.25) is 4.79 Å². The van der Waals surface area contributed by atoms with Crippen LogP contribution in [0.3, 0.4) is 0 Å². The van der Waals surface area contributed by atoms with Crippen LogP contribution in [-0.4, -0.2) is 35.6 Å². The lowest BCUT2D eigenvalue weighted by Gasteiger charge is -2.20. The van der Waals surface area contributed by atoms with Crippen molar-refractivity contribution in [3.05, 3.63) is 0 Å². The number of hydrogen-bond donors (Lipinski definition) is 1. The highest BCUT2D eigenvalue weighted by molar-refractivity contribution is 5.66. The molecule has 1 atom stereocenters. The van der Waals surface area contributed by atoms with Crippen LogP contribution in [0.5, 0.6) is 0 Å². The SMILES string of the molecule is CCCC(CCC(=O)O)CCN1CCCC1. The smallest absolute Gasteiger partial charge is 0.303 e. The molecule has 0 aromatic carbocycles. The van der Waals surface area contributed by atoms with E-state index in [1.807, 2.05) is 0 Å². The third-order valence-corrected chi connectivity index (χ3v) is 3.52. The summed E-state index contributed by atoms with van der Waals surface area (Å²) < 4.78 is 0. The summed E-state index contributed by atoms with van der Waals surface area (Å²) in [4.78, 5) is 13.1. The average molecular weight is 227 g/mol. The van der Waals surface area contributed by atoms with Crippen molar-refractivity contribution in [1.29, 1.82) is 0 Å². The Hall–Kier alpha value is -0.570. The van der Waals surface area contributed by atoms with E-state index in [4.69, 9.17) is 5.11 Å². The van der Waals surface area contributed by atoms with Crippen LogP contribution < -0.4 is 0 Å². The van der Waals surface area contributed by atoms with Gasteiger partial charge in [0.1, 0.15) is 0 Å². The molecule has 1 aliphatic rings. The van der Waals surface area contributed by atoms with Crippen LogP contribution >= 0.6 is 0 Å².